The molecule has 0 bridgehead atoms. The van der Waals surface area contributed by atoms with E-state index in [-0.39, 0.29) is 34.6 Å². The lowest BCUT2D eigenvalue weighted by atomic mass is 9.74. The number of fused-ring (bicyclic) bond motifs is 2. The van der Waals surface area contributed by atoms with E-state index in [0.29, 0.717) is 6.54 Å². The summed E-state index contributed by atoms with van der Waals surface area (Å²) in [6.45, 7) is 16.8. The lowest BCUT2D eigenvalue weighted by molar-refractivity contribution is -0.213. The number of hydrogen-bond acceptors (Lipinski definition) is 8. The molecule has 1 spiro atoms. The summed E-state index contributed by atoms with van der Waals surface area (Å²) >= 11 is 0. The summed E-state index contributed by atoms with van der Waals surface area (Å²) in [5, 5.41) is 24.0. The van der Waals surface area contributed by atoms with Gasteiger partial charge in [-0.1, -0.05) is 97.9 Å². The number of hydrogen-bond donors (Lipinski definition) is 2. The summed E-state index contributed by atoms with van der Waals surface area (Å²) < 4.78 is 21.7. The zero-order valence-corrected chi connectivity index (χ0v) is 26.0. The molecule has 0 amide bonds. The van der Waals surface area contributed by atoms with Crippen molar-refractivity contribution in [2.45, 2.75) is 114 Å². The highest BCUT2D eigenvalue weighted by atomic mass is 28.5. The molecule has 3 aliphatic rings. The van der Waals surface area contributed by atoms with E-state index in [4.69, 9.17) is 17.8 Å². The van der Waals surface area contributed by atoms with E-state index in [1.54, 1.807) is 17.2 Å². The van der Waals surface area contributed by atoms with E-state index >= 15 is 0 Å². The minimum atomic E-state index is -3.06. The zero-order chi connectivity index (χ0) is 28.1. The van der Waals surface area contributed by atoms with Crippen molar-refractivity contribution in [3.8, 4) is 0 Å². The molecule has 2 heterocycles. The fourth-order valence-electron chi connectivity index (χ4n) is 6.39. The summed E-state index contributed by atoms with van der Waals surface area (Å²) in [5.74, 6) is -0.370. The van der Waals surface area contributed by atoms with E-state index in [1.807, 2.05) is 30.3 Å². The Morgan fingerprint density at radius 2 is 1.42 bits per heavy atom. The molecule has 2 saturated heterocycles. The van der Waals surface area contributed by atoms with Crippen LogP contribution in [0.2, 0.25) is 22.2 Å². The first-order chi connectivity index (χ1) is 17.8. The number of hydroxylamine groups is 2. The largest absolute Gasteiger partial charge is 0.414 e. The maximum absolute atomic E-state index is 13.0. The monoisotopic (exact) mass is 563 g/mol. The van der Waals surface area contributed by atoms with Crippen LogP contribution in [0.5, 0.6) is 0 Å². The molecular formula is C28H45NO7Si2. The predicted molar refractivity (Wildman–Crippen MR) is 149 cm³/mol. The van der Waals surface area contributed by atoms with Gasteiger partial charge in [-0.05, 0) is 27.7 Å². The van der Waals surface area contributed by atoms with Gasteiger partial charge in [0.15, 0.2) is 0 Å². The molecule has 38 heavy (non-hydrogen) atoms. The van der Waals surface area contributed by atoms with E-state index in [2.05, 4.69) is 55.4 Å². The predicted octanol–water partition coefficient (Wildman–Crippen LogP) is 4.71. The Labute approximate surface area is 229 Å². The van der Waals surface area contributed by atoms with Gasteiger partial charge in [0.1, 0.15) is 23.3 Å². The highest BCUT2D eigenvalue weighted by Crippen LogP contribution is 2.54. The molecule has 0 radical (unpaired) electrons. The third kappa shape index (κ3) is 4.66. The quantitative estimate of drug-likeness (QED) is 0.364. The molecule has 2 aliphatic heterocycles. The third-order valence-corrected chi connectivity index (χ3v) is 18.8. The number of aliphatic hydroxyl groups excluding tert-OH is 1. The van der Waals surface area contributed by atoms with E-state index in [9.17, 15) is 15.0 Å². The summed E-state index contributed by atoms with van der Waals surface area (Å²) in [5.41, 5.74) is -1.52. The molecule has 0 saturated carbocycles. The topological polar surface area (TPSA) is 97.7 Å². The second-order valence-electron chi connectivity index (χ2n) is 12.4. The molecule has 1 aromatic rings. The van der Waals surface area contributed by atoms with Crippen LogP contribution < -0.4 is 0 Å². The van der Waals surface area contributed by atoms with Crippen molar-refractivity contribution in [1.29, 1.82) is 0 Å². The number of benzene rings is 1. The van der Waals surface area contributed by atoms with Crippen LogP contribution in [-0.2, 0) is 29.1 Å². The first kappa shape index (κ1) is 29.6. The van der Waals surface area contributed by atoms with Crippen molar-refractivity contribution < 1.29 is 32.8 Å². The minimum absolute atomic E-state index is 0.0426. The van der Waals surface area contributed by atoms with Gasteiger partial charge in [0, 0.05) is 0 Å². The van der Waals surface area contributed by atoms with Crippen LogP contribution >= 0.6 is 0 Å². The Balaban J connectivity index is 1.95. The third-order valence-electron chi connectivity index (χ3n) is 8.61. The smallest absolute Gasteiger partial charge is 0.335 e. The van der Waals surface area contributed by atoms with Gasteiger partial charge in [0.2, 0.25) is 0 Å². The van der Waals surface area contributed by atoms with Gasteiger partial charge in [-0.25, -0.2) is 0 Å². The number of carbonyl (C=O) groups is 1. The average molecular weight is 564 g/mol. The summed E-state index contributed by atoms with van der Waals surface area (Å²) in [7, 11) is -6.11. The van der Waals surface area contributed by atoms with Crippen LogP contribution in [0.3, 0.4) is 0 Å². The Morgan fingerprint density at radius 1 is 0.895 bits per heavy atom. The molecular weight excluding hydrogens is 518 g/mol. The number of rotatable bonds is 7. The summed E-state index contributed by atoms with van der Waals surface area (Å²) in [4.78, 5) is 18.8. The number of carbonyl (C=O) groups excluding carboxylic acids is 1. The van der Waals surface area contributed by atoms with Crippen LogP contribution in [0.15, 0.2) is 42.5 Å². The lowest BCUT2D eigenvalue weighted by Gasteiger charge is -2.51. The molecule has 2 unspecified atom stereocenters. The van der Waals surface area contributed by atoms with Crippen molar-refractivity contribution in [2.24, 2.45) is 0 Å². The molecule has 8 nitrogen and oxygen atoms in total. The molecule has 212 valence electrons. The Hall–Kier alpha value is -1.38. The van der Waals surface area contributed by atoms with Gasteiger partial charge in [-0.15, -0.1) is 5.06 Å². The summed E-state index contributed by atoms with van der Waals surface area (Å²) in [6, 6.07) is 9.81. The molecule has 1 aromatic carbocycles. The normalized spacial score (nSPS) is 32.8. The molecule has 4 atom stereocenters. The first-order valence-electron chi connectivity index (χ1n) is 13.9. The van der Waals surface area contributed by atoms with Crippen LogP contribution in [-0.4, -0.2) is 68.3 Å². The highest BCUT2D eigenvalue weighted by Gasteiger charge is 2.69. The van der Waals surface area contributed by atoms with Gasteiger partial charge in [-0.3, -0.25) is 4.79 Å². The van der Waals surface area contributed by atoms with E-state index in [0.717, 1.165) is 5.56 Å². The van der Waals surface area contributed by atoms with Gasteiger partial charge in [0.25, 0.3) is 0 Å². The molecule has 4 rings (SSSR count). The minimum Gasteiger partial charge on any atom is -0.414 e. The van der Waals surface area contributed by atoms with Gasteiger partial charge < -0.3 is 28.0 Å². The van der Waals surface area contributed by atoms with Crippen LogP contribution in [0, 0.1) is 0 Å². The number of nitrogens with zero attached hydrogens (tertiary/aromatic N) is 1. The van der Waals surface area contributed by atoms with Crippen molar-refractivity contribution >= 4 is 23.1 Å². The van der Waals surface area contributed by atoms with Gasteiger partial charge in [0.05, 0.1) is 19.6 Å². The SMILES string of the molecule is CC(C)[Si]1(C(C)C)OC2[C@@H](O[Si](C(C)C)(C(C)C)O1)[C@]1(C=CC2(O)CO)CC(=O)ON1Cc1ccccc1. The fraction of sp³-hybridized carbons (Fsp3) is 0.679. The van der Waals surface area contributed by atoms with Gasteiger partial charge in [-0.2, -0.15) is 0 Å². The van der Waals surface area contributed by atoms with Crippen LogP contribution in [0.25, 0.3) is 0 Å². The van der Waals surface area contributed by atoms with Gasteiger partial charge >= 0.3 is 23.1 Å². The maximum Gasteiger partial charge on any atom is 0.335 e. The Morgan fingerprint density at radius 3 is 1.92 bits per heavy atom. The molecule has 2 N–H and O–H groups in total. The van der Waals surface area contributed by atoms with Crippen molar-refractivity contribution in [2.75, 3.05) is 6.61 Å². The Kier molecular flexibility index (Phi) is 8.22. The second-order valence-corrected chi connectivity index (χ2v) is 21.2. The molecule has 1 aliphatic carbocycles. The van der Waals surface area contributed by atoms with Crippen molar-refractivity contribution in [1.82, 2.24) is 5.06 Å². The highest BCUT2D eigenvalue weighted by molar-refractivity contribution is 6.84. The van der Waals surface area contributed by atoms with Crippen LogP contribution in [0.4, 0.5) is 0 Å². The lowest BCUT2D eigenvalue weighted by Crippen LogP contribution is -2.68. The van der Waals surface area contributed by atoms with E-state index in [1.165, 1.54) is 0 Å². The summed E-state index contributed by atoms with van der Waals surface area (Å²) in [6.07, 6.45) is 1.66. The first-order valence-corrected chi connectivity index (χ1v) is 17.8. The van der Waals surface area contributed by atoms with E-state index < -0.39 is 47.1 Å². The van der Waals surface area contributed by atoms with Crippen molar-refractivity contribution in [3.63, 3.8) is 0 Å². The maximum atomic E-state index is 13.0. The number of aliphatic hydroxyl groups is 2. The Bertz CT molecular complexity index is 1020. The second kappa shape index (κ2) is 10.5. The average Bonchev–Trinajstić information content (AvgIpc) is 3.05. The fourth-order valence-corrected chi connectivity index (χ4v) is 17.7. The van der Waals surface area contributed by atoms with Crippen LogP contribution in [0.1, 0.15) is 67.4 Å². The molecule has 10 heteroatoms. The zero-order valence-electron chi connectivity index (χ0n) is 24.0. The molecule has 0 aromatic heterocycles. The van der Waals surface area contributed by atoms with Crippen molar-refractivity contribution in [3.05, 3.63) is 48.0 Å². The molecule has 2 fully saturated rings. The standard InChI is InChI=1S/C28H45NO7Si2/c1-19(2)37(20(3)4)34-25-26(35-38(36-37,21(5)6)22(7)8)28(32,18-30)15-14-27(25)16-24(31)33-29(27)17-23-12-10-9-11-13-23/h9-15,19-22,25-26,30,32H,16-18H2,1-8H3/t25-,26?,27+,28?/m1/s1.